The van der Waals surface area contributed by atoms with Crippen molar-refractivity contribution >= 4 is 27.3 Å². The zero-order valence-corrected chi connectivity index (χ0v) is 12.6. The molecule has 0 aliphatic heterocycles. The van der Waals surface area contributed by atoms with Gasteiger partial charge in [0.2, 0.25) is 15.8 Å². The van der Waals surface area contributed by atoms with Gasteiger partial charge in [-0.1, -0.05) is 0 Å². The summed E-state index contributed by atoms with van der Waals surface area (Å²) in [7, 11) is -3.95. The highest BCUT2D eigenvalue weighted by atomic mass is 32.2. The number of furan rings is 1. The first-order valence-corrected chi connectivity index (χ1v) is 8.27. The number of aryl methyl sites for hydroxylation is 1. The smallest absolute Gasteiger partial charge is 0.371 e. The molecule has 0 radical (unpaired) electrons. The molecule has 0 fully saturated rings. The number of thiophene rings is 1. The summed E-state index contributed by atoms with van der Waals surface area (Å²) in [6.45, 7) is 1.14. The highest BCUT2D eigenvalue weighted by Crippen LogP contribution is 2.21. The third-order valence-corrected chi connectivity index (χ3v) is 5.00. The molecule has 0 aliphatic rings. The van der Waals surface area contributed by atoms with E-state index in [0.717, 1.165) is 6.07 Å². The molecule has 2 heterocycles. The number of carbonyl (C=O) groups is 1. The number of carboxylic acids is 1. The number of hydrogen-bond acceptors (Lipinski definition) is 6. The number of rotatable bonds is 6. The second-order valence-corrected chi connectivity index (χ2v) is 6.78. The van der Waals surface area contributed by atoms with Gasteiger partial charge in [0.1, 0.15) is 10.7 Å². The molecule has 21 heavy (non-hydrogen) atoms. The molecular formula is C12H13NO6S2. The lowest BCUT2D eigenvalue weighted by Gasteiger charge is -2.10. The van der Waals surface area contributed by atoms with Crippen molar-refractivity contribution in [3.05, 3.63) is 40.0 Å². The van der Waals surface area contributed by atoms with Crippen LogP contribution in [-0.4, -0.2) is 31.1 Å². The summed E-state index contributed by atoms with van der Waals surface area (Å²) in [4.78, 5) is 10.5. The average molecular weight is 331 g/mol. The van der Waals surface area contributed by atoms with Gasteiger partial charge in [-0.15, -0.1) is 0 Å². The van der Waals surface area contributed by atoms with Gasteiger partial charge in [0.25, 0.3) is 0 Å². The van der Waals surface area contributed by atoms with Crippen LogP contribution in [0.3, 0.4) is 0 Å². The molecule has 2 aromatic rings. The molecule has 1 atom stereocenters. The average Bonchev–Trinajstić information content (AvgIpc) is 3.05. The SMILES string of the molecule is Cc1oc(C(=O)O)cc1S(=O)(=O)NCC(O)c1ccsc1. The minimum Gasteiger partial charge on any atom is -0.475 e. The van der Waals surface area contributed by atoms with Gasteiger partial charge in [-0.05, 0) is 29.3 Å². The van der Waals surface area contributed by atoms with E-state index in [1.165, 1.54) is 18.3 Å². The maximum Gasteiger partial charge on any atom is 0.371 e. The number of aliphatic hydroxyl groups is 1. The Kier molecular flexibility index (Phi) is 4.47. The number of sulfonamides is 1. The van der Waals surface area contributed by atoms with Crippen LogP contribution in [0.4, 0.5) is 0 Å². The third kappa shape index (κ3) is 3.50. The number of nitrogens with one attached hydrogen (secondary N) is 1. The summed E-state index contributed by atoms with van der Waals surface area (Å²) in [5, 5.41) is 22.1. The van der Waals surface area contributed by atoms with Crippen LogP contribution in [0.25, 0.3) is 0 Å². The van der Waals surface area contributed by atoms with Crippen molar-refractivity contribution in [3.63, 3.8) is 0 Å². The Morgan fingerprint density at radius 3 is 2.76 bits per heavy atom. The van der Waals surface area contributed by atoms with E-state index in [4.69, 9.17) is 9.52 Å². The monoisotopic (exact) mass is 331 g/mol. The third-order valence-electron chi connectivity index (χ3n) is 2.77. The van der Waals surface area contributed by atoms with Gasteiger partial charge in [0.15, 0.2) is 0 Å². The van der Waals surface area contributed by atoms with E-state index in [0.29, 0.717) is 5.56 Å². The Labute approximate surface area is 124 Å². The molecule has 0 amide bonds. The number of aromatic carboxylic acids is 1. The fourth-order valence-corrected chi connectivity index (χ4v) is 3.61. The molecule has 7 nitrogen and oxygen atoms in total. The molecule has 0 saturated carbocycles. The first kappa shape index (κ1) is 15.7. The van der Waals surface area contributed by atoms with E-state index >= 15 is 0 Å². The van der Waals surface area contributed by atoms with Gasteiger partial charge in [0, 0.05) is 12.6 Å². The molecule has 2 aromatic heterocycles. The van der Waals surface area contributed by atoms with Crippen LogP contribution in [0.1, 0.15) is 28.0 Å². The minimum absolute atomic E-state index is 0.0232. The standard InChI is InChI=1S/C12H13NO6S2/c1-7-11(4-10(19-7)12(15)16)21(17,18)13-5-9(14)8-2-3-20-6-8/h2-4,6,9,13-14H,5H2,1H3,(H,15,16). The molecule has 9 heteroatoms. The van der Waals surface area contributed by atoms with Crippen LogP contribution in [-0.2, 0) is 10.0 Å². The van der Waals surface area contributed by atoms with Crippen molar-refractivity contribution in [1.82, 2.24) is 4.72 Å². The summed E-state index contributed by atoms with van der Waals surface area (Å²) in [5.41, 5.74) is 0.609. The summed E-state index contributed by atoms with van der Waals surface area (Å²) in [6.07, 6.45) is -0.975. The lowest BCUT2D eigenvalue weighted by Crippen LogP contribution is -2.28. The Balaban J connectivity index is 2.13. The first-order valence-electron chi connectivity index (χ1n) is 5.85. The zero-order valence-electron chi connectivity index (χ0n) is 10.9. The van der Waals surface area contributed by atoms with Crippen molar-refractivity contribution < 1.29 is 27.8 Å². The first-order chi connectivity index (χ1) is 9.81. The van der Waals surface area contributed by atoms with E-state index in [2.05, 4.69) is 4.72 Å². The molecule has 0 aromatic carbocycles. The van der Waals surface area contributed by atoms with Crippen molar-refractivity contribution in [2.75, 3.05) is 6.54 Å². The van der Waals surface area contributed by atoms with E-state index in [1.54, 1.807) is 16.8 Å². The Morgan fingerprint density at radius 2 is 2.24 bits per heavy atom. The quantitative estimate of drug-likeness (QED) is 0.736. The zero-order chi connectivity index (χ0) is 15.6. The predicted octanol–water partition coefficient (Wildman–Crippen LogP) is 1.36. The van der Waals surface area contributed by atoms with Gasteiger partial charge < -0.3 is 14.6 Å². The Morgan fingerprint density at radius 1 is 1.52 bits per heavy atom. The molecule has 0 spiro atoms. The Bertz CT molecular complexity index is 732. The predicted molar refractivity (Wildman–Crippen MR) is 74.9 cm³/mol. The van der Waals surface area contributed by atoms with Crippen molar-refractivity contribution in [3.8, 4) is 0 Å². The van der Waals surface area contributed by atoms with Crippen LogP contribution in [0.15, 0.2) is 32.2 Å². The Hall–Kier alpha value is -1.68. The lowest BCUT2D eigenvalue weighted by molar-refractivity contribution is 0.0661. The van der Waals surface area contributed by atoms with Gasteiger partial charge >= 0.3 is 5.97 Å². The van der Waals surface area contributed by atoms with Gasteiger partial charge in [-0.2, -0.15) is 11.3 Å². The summed E-state index contributed by atoms with van der Waals surface area (Å²) >= 11 is 1.39. The van der Waals surface area contributed by atoms with Crippen molar-refractivity contribution in [2.24, 2.45) is 0 Å². The van der Waals surface area contributed by atoms with Crippen LogP contribution in [0.5, 0.6) is 0 Å². The lowest BCUT2D eigenvalue weighted by atomic mass is 10.2. The van der Waals surface area contributed by atoms with Crippen LogP contribution in [0, 0.1) is 6.92 Å². The maximum absolute atomic E-state index is 12.1. The van der Waals surface area contributed by atoms with E-state index in [9.17, 15) is 18.3 Å². The highest BCUT2D eigenvalue weighted by molar-refractivity contribution is 7.89. The second kappa shape index (κ2) is 5.98. The summed E-state index contributed by atoms with van der Waals surface area (Å²) in [6, 6.07) is 2.63. The normalized spacial score (nSPS) is 13.2. The molecule has 0 saturated heterocycles. The number of aliphatic hydroxyl groups excluding tert-OH is 1. The summed E-state index contributed by atoms with van der Waals surface area (Å²) < 4.78 is 31.3. The van der Waals surface area contributed by atoms with Crippen LogP contribution in [0.2, 0.25) is 0 Å². The molecule has 1 unspecified atom stereocenters. The minimum atomic E-state index is -3.95. The molecular weight excluding hydrogens is 318 g/mol. The fraction of sp³-hybridized carbons (Fsp3) is 0.250. The fourth-order valence-electron chi connectivity index (χ4n) is 1.69. The maximum atomic E-state index is 12.1. The molecule has 114 valence electrons. The van der Waals surface area contributed by atoms with Gasteiger partial charge in [0.05, 0.1) is 6.10 Å². The van der Waals surface area contributed by atoms with E-state index in [-0.39, 0.29) is 17.2 Å². The van der Waals surface area contributed by atoms with E-state index in [1.807, 2.05) is 0 Å². The van der Waals surface area contributed by atoms with Crippen molar-refractivity contribution in [2.45, 2.75) is 17.9 Å². The van der Waals surface area contributed by atoms with Crippen LogP contribution < -0.4 is 4.72 Å². The number of hydrogen-bond donors (Lipinski definition) is 3. The molecule has 2 rings (SSSR count). The van der Waals surface area contributed by atoms with E-state index < -0.39 is 27.9 Å². The van der Waals surface area contributed by atoms with Crippen LogP contribution >= 0.6 is 11.3 Å². The van der Waals surface area contributed by atoms with Gasteiger partial charge in [-0.3, -0.25) is 0 Å². The molecule has 0 bridgehead atoms. The molecule has 3 N–H and O–H groups in total. The molecule has 0 aliphatic carbocycles. The van der Waals surface area contributed by atoms with Gasteiger partial charge in [-0.25, -0.2) is 17.9 Å². The summed E-state index contributed by atoms with van der Waals surface area (Å²) in [5.74, 6) is -1.82. The van der Waals surface area contributed by atoms with Crippen molar-refractivity contribution in [1.29, 1.82) is 0 Å². The second-order valence-electron chi connectivity index (χ2n) is 4.26. The topological polar surface area (TPSA) is 117 Å². The number of carboxylic acid groups (broad SMARTS) is 1. The highest BCUT2D eigenvalue weighted by Gasteiger charge is 2.24. The largest absolute Gasteiger partial charge is 0.475 e.